The maximum absolute atomic E-state index is 4.55. The maximum Gasteiger partial charge on any atom is 0.230 e. The molecule has 1 fully saturated rings. The zero-order valence-corrected chi connectivity index (χ0v) is 11.5. The van der Waals surface area contributed by atoms with Crippen LogP contribution in [0.3, 0.4) is 0 Å². The lowest BCUT2D eigenvalue weighted by molar-refractivity contribution is 0.880. The fraction of sp³-hybridized carbons (Fsp3) is 0.462. The number of aromatic nitrogens is 5. The molecular formula is C13H17N7. The van der Waals surface area contributed by atoms with E-state index in [1.54, 1.807) is 12.4 Å². The predicted octanol–water partition coefficient (Wildman–Crippen LogP) is 1.36. The molecule has 1 saturated heterocycles. The van der Waals surface area contributed by atoms with E-state index < -0.39 is 0 Å². The van der Waals surface area contributed by atoms with Crippen LogP contribution in [-0.2, 0) is 0 Å². The van der Waals surface area contributed by atoms with Crippen molar-refractivity contribution in [1.29, 1.82) is 0 Å². The van der Waals surface area contributed by atoms with Crippen molar-refractivity contribution in [3.05, 3.63) is 18.7 Å². The van der Waals surface area contributed by atoms with Crippen molar-refractivity contribution in [2.75, 3.05) is 29.9 Å². The Morgan fingerprint density at radius 1 is 1.10 bits per heavy atom. The van der Waals surface area contributed by atoms with E-state index in [2.05, 4.69) is 35.1 Å². The van der Waals surface area contributed by atoms with E-state index >= 15 is 0 Å². The molecule has 3 heterocycles. The van der Waals surface area contributed by atoms with Gasteiger partial charge in [-0.2, -0.15) is 15.0 Å². The summed E-state index contributed by atoms with van der Waals surface area (Å²) in [7, 11) is 0. The molecular weight excluding hydrogens is 254 g/mol. The van der Waals surface area contributed by atoms with Gasteiger partial charge >= 0.3 is 0 Å². The van der Waals surface area contributed by atoms with Crippen molar-refractivity contribution in [3.63, 3.8) is 0 Å². The van der Waals surface area contributed by atoms with E-state index in [4.69, 9.17) is 0 Å². The fourth-order valence-electron chi connectivity index (χ4n) is 2.20. The number of nitrogens with one attached hydrogen (secondary N) is 1. The second kappa shape index (κ2) is 5.77. The zero-order valence-electron chi connectivity index (χ0n) is 11.5. The van der Waals surface area contributed by atoms with Crippen molar-refractivity contribution in [1.82, 2.24) is 24.9 Å². The molecule has 20 heavy (non-hydrogen) atoms. The summed E-state index contributed by atoms with van der Waals surface area (Å²) in [4.78, 5) is 23.7. The summed E-state index contributed by atoms with van der Waals surface area (Å²) in [6.45, 7) is 4.79. The van der Waals surface area contributed by atoms with Gasteiger partial charge < -0.3 is 10.2 Å². The van der Waals surface area contributed by atoms with E-state index in [9.17, 15) is 0 Å². The lowest BCUT2D eigenvalue weighted by atomic mass is 10.3. The van der Waals surface area contributed by atoms with Gasteiger partial charge in [-0.1, -0.05) is 0 Å². The first-order chi connectivity index (χ1) is 9.86. The van der Waals surface area contributed by atoms with Gasteiger partial charge in [-0.25, -0.2) is 9.97 Å². The Hall–Kier alpha value is -2.31. The molecule has 1 aliphatic heterocycles. The van der Waals surface area contributed by atoms with Crippen LogP contribution in [0.5, 0.6) is 0 Å². The molecule has 2 aromatic rings. The van der Waals surface area contributed by atoms with Crippen LogP contribution in [0.4, 0.5) is 11.9 Å². The van der Waals surface area contributed by atoms with E-state index in [1.165, 1.54) is 19.2 Å². The van der Waals surface area contributed by atoms with Crippen LogP contribution in [0.25, 0.3) is 11.4 Å². The Kier molecular flexibility index (Phi) is 3.67. The molecule has 0 unspecified atom stereocenters. The Balaban J connectivity index is 2.00. The largest absolute Gasteiger partial charge is 0.354 e. The predicted molar refractivity (Wildman–Crippen MR) is 76.5 cm³/mol. The standard InChI is InChI=1S/C13H17N7/c1-2-16-12-17-11(10-7-14-9-15-8-10)18-13(19-12)20-5-3-4-6-20/h7-9H,2-6H2,1H3,(H,16,17,18,19). The molecule has 7 nitrogen and oxygen atoms in total. The third kappa shape index (κ3) is 2.66. The monoisotopic (exact) mass is 271 g/mol. The van der Waals surface area contributed by atoms with Gasteiger partial charge in [0, 0.05) is 32.0 Å². The van der Waals surface area contributed by atoms with Gasteiger partial charge in [-0.15, -0.1) is 0 Å². The number of hydrogen-bond acceptors (Lipinski definition) is 7. The summed E-state index contributed by atoms with van der Waals surface area (Å²) in [6.07, 6.45) is 7.30. The summed E-state index contributed by atoms with van der Waals surface area (Å²) in [5.41, 5.74) is 0.800. The molecule has 104 valence electrons. The lowest BCUT2D eigenvalue weighted by Gasteiger charge is -2.16. The Morgan fingerprint density at radius 3 is 2.55 bits per heavy atom. The minimum Gasteiger partial charge on any atom is -0.354 e. The minimum atomic E-state index is 0.600. The molecule has 0 atom stereocenters. The van der Waals surface area contributed by atoms with Crippen molar-refractivity contribution in [2.24, 2.45) is 0 Å². The van der Waals surface area contributed by atoms with Crippen LogP contribution >= 0.6 is 0 Å². The summed E-state index contributed by atoms with van der Waals surface area (Å²) >= 11 is 0. The van der Waals surface area contributed by atoms with Gasteiger partial charge in [0.1, 0.15) is 6.33 Å². The molecule has 0 aromatic carbocycles. The van der Waals surface area contributed by atoms with Gasteiger partial charge in [-0.05, 0) is 19.8 Å². The van der Waals surface area contributed by atoms with Gasteiger partial charge in [-0.3, -0.25) is 0 Å². The third-order valence-electron chi connectivity index (χ3n) is 3.17. The number of hydrogen-bond donors (Lipinski definition) is 1. The van der Waals surface area contributed by atoms with Crippen LogP contribution in [0, 0.1) is 0 Å². The van der Waals surface area contributed by atoms with Crippen LogP contribution < -0.4 is 10.2 Å². The molecule has 0 saturated carbocycles. The molecule has 0 bridgehead atoms. The number of rotatable bonds is 4. The molecule has 0 spiro atoms. The molecule has 7 heteroatoms. The third-order valence-corrected chi connectivity index (χ3v) is 3.17. The average molecular weight is 271 g/mol. The van der Waals surface area contributed by atoms with E-state index in [0.717, 1.165) is 31.1 Å². The molecule has 0 amide bonds. The molecule has 0 radical (unpaired) electrons. The highest BCUT2D eigenvalue weighted by atomic mass is 15.3. The van der Waals surface area contributed by atoms with Gasteiger partial charge in [0.15, 0.2) is 5.82 Å². The number of anilines is 2. The first-order valence-corrected chi connectivity index (χ1v) is 6.87. The molecule has 0 aliphatic carbocycles. The molecule has 1 N–H and O–H groups in total. The van der Waals surface area contributed by atoms with Crippen LogP contribution in [0.2, 0.25) is 0 Å². The second-order valence-corrected chi connectivity index (χ2v) is 4.63. The first kappa shape index (κ1) is 12.7. The van der Waals surface area contributed by atoms with E-state index in [0.29, 0.717) is 11.8 Å². The fourth-order valence-corrected chi connectivity index (χ4v) is 2.20. The molecule has 1 aliphatic rings. The lowest BCUT2D eigenvalue weighted by Crippen LogP contribution is -2.22. The molecule has 3 rings (SSSR count). The van der Waals surface area contributed by atoms with Crippen molar-refractivity contribution in [3.8, 4) is 11.4 Å². The van der Waals surface area contributed by atoms with E-state index in [1.807, 2.05) is 6.92 Å². The minimum absolute atomic E-state index is 0.600. The summed E-state index contributed by atoms with van der Waals surface area (Å²) < 4.78 is 0. The van der Waals surface area contributed by atoms with E-state index in [-0.39, 0.29) is 0 Å². The SMILES string of the molecule is CCNc1nc(-c2cncnc2)nc(N2CCCC2)n1. The van der Waals surface area contributed by atoms with Gasteiger partial charge in [0.05, 0.1) is 5.56 Å². The average Bonchev–Trinajstić information content (AvgIpc) is 3.02. The Bertz CT molecular complexity index is 566. The highest BCUT2D eigenvalue weighted by Gasteiger charge is 2.17. The highest BCUT2D eigenvalue weighted by Crippen LogP contribution is 2.21. The number of nitrogens with zero attached hydrogens (tertiary/aromatic N) is 6. The summed E-state index contributed by atoms with van der Waals surface area (Å²) in [5, 5.41) is 3.15. The Morgan fingerprint density at radius 2 is 1.85 bits per heavy atom. The zero-order chi connectivity index (χ0) is 13.8. The quantitative estimate of drug-likeness (QED) is 0.899. The first-order valence-electron chi connectivity index (χ1n) is 6.87. The highest BCUT2D eigenvalue weighted by molar-refractivity contribution is 5.56. The van der Waals surface area contributed by atoms with Crippen LogP contribution in [-0.4, -0.2) is 44.6 Å². The smallest absolute Gasteiger partial charge is 0.230 e. The van der Waals surface area contributed by atoms with Gasteiger partial charge in [0.25, 0.3) is 0 Å². The second-order valence-electron chi connectivity index (χ2n) is 4.63. The topological polar surface area (TPSA) is 79.7 Å². The van der Waals surface area contributed by atoms with Gasteiger partial charge in [0.2, 0.25) is 11.9 Å². The maximum atomic E-state index is 4.55. The summed E-state index contributed by atoms with van der Waals surface area (Å²) in [5.74, 6) is 1.94. The van der Waals surface area contributed by atoms with Crippen molar-refractivity contribution in [2.45, 2.75) is 19.8 Å². The normalized spacial score (nSPS) is 14.6. The van der Waals surface area contributed by atoms with Crippen LogP contribution in [0.1, 0.15) is 19.8 Å². The summed E-state index contributed by atoms with van der Waals surface area (Å²) in [6, 6.07) is 0. The van der Waals surface area contributed by atoms with Crippen LogP contribution in [0.15, 0.2) is 18.7 Å². The molecule has 2 aromatic heterocycles. The Labute approximate surface area is 117 Å². The van der Waals surface area contributed by atoms with Crippen molar-refractivity contribution >= 4 is 11.9 Å². The van der Waals surface area contributed by atoms with Crippen molar-refractivity contribution < 1.29 is 0 Å².